The lowest BCUT2D eigenvalue weighted by molar-refractivity contribution is -0.119. The molecule has 0 radical (unpaired) electrons. The number of rotatable bonds is 6. The van der Waals surface area contributed by atoms with Crippen LogP contribution in [0.4, 0.5) is 5.69 Å². The normalized spacial score (nSPS) is 10.8. The summed E-state index contributed by atoms with van der Waals surface area (Å²) in [5.74, 6) is -0.675. The summed E-state index contributed by atoms with van der Waals surface area (Å²) in [7, 11) is 0. The number of thiazole rings is 1. The van der Waals surface area contributed by atoms with Crippen LogP contribution < -0.4 is 5.32 Å². The molecule has 150 valence electrons. The van der Waals surface area contributed by atoms with E-state index in [9.17, 15) is 9.59 Å². The van der Waals surface area contributed by atoms with Crippen LogP contribution in [-0.4, -0.2) is 28.5 Å². The Hall–Kier alpha value is -3.06. The van der Waals surface area contributed by atoms with Crippen molar-refractivity contribution in [3.8, 4) is 10.7 Å². The molecule has 2 heterocycles. The van der Waals surface area contributed by atoms with Gasteiger partial charge in [0.25, 0.3) is 5.91 Å². The van der Waals surface area contributed by atoms with E-state index >= 15 is 0 Å². The molecule has 1 amide bonds. The Kier molecular flexibility index (Phi) is 6.39. The predicted molar refractivity (Wildman–Crippen MR) is 114 cm³/mol. The summed E-state index contributed by atoms with van der Waals surface area (Å²) in [5.41, 5.74) is 4.03. The SMILES string of the molecule is Cc1cccc(C(C)C)c1NC(=O)COC(=O)c1sc(-c2ccccn2)nc1C. The highest BCUT2D eigenvalue weighted by Crippen LogP contribution is 2.28. The van der Waals surface area contributed by atoms with E-state index in [0.717, 1.165) is 16.8 Å². The maximum atomic E-state index is 12.5. The quantitative estimate of drug-likeness (QED) is 0.595. The van der Waals surface area contributed by atoms with E-state index < -0.39 is 5.97 Å². The van der Waals surface area contributed by atoms with Crippen LogP contribution in [0, 0.1) is 13.8 Å². The van der Waals surface area contributed by atoms with Crippen molar-refractivity contribution in [2.75, 3.05) is 11.9 Å². The largest absolute Gasteiger partial charge is 0.451 e. The van der Waals surface area contributed by atoms with Gasteiger partial charge in [0.2, 0.25) is 0 Å². The number of anilines is 1. The molecule has 0 unspecified atom stereocenters. The van der Waals surface area contributed by atoms with Crippen LogP contribution in [0.2, 0.25) is 0 Å². The minimum Gasteiger partial charge on any atom is -0.451 e. The van der Waals surface area contributed by atoms with E-state index in [1.54, 1.807) is 13.1 Å². The van der Waals surface area contributed by atoms with Gasteiger partial charge >= 0.3 is 5.97 Å². The highest BCUT2D eigenvalue weighted by molar-refractivity contribution is 7.17. The van der Waals surface area contributed by atoms with E-state index in [-0.39, 0.29) is 18.4 Å². The Labute approximate surface area is 174 Å². The van der Waals surface area contributed by atoms with Crippen molar-refractivity contribution in [3.05, 3.63) is 64.3 Å². The standard InChI is InChI=1S/C22H23N3O3S/c1-13(2)16-9-7-8-14(3)19(16)25-18(26)12-28-22(27)20-15(4)24-21(29-20)17-10-5-6-11-23-17/h5-11,13H,12H2,1-4H3,(H,25,26). The zero-order chi connectivity index (χ0) is 21.0. The van der Waals surface area contributed by atoms with Crippen LogP contribution in [0.15, 0.2) is 42.6 Å². The maximum Gasteiger partial charge on any atom is 0.350 e. The molecule has 29 heavy (non-hydrogen) atoms. The molecule has 0 atom stereocenters. The van der Waals surface area contributed by atoms with E-state index in [2.05, 4.69) is 29.1 Å². The number of esters is 1. The van der Waals surface area contributed by atoms with Crippen molar-refractivity contribution in [2.45, 2.75) is 33.6 Å². The smallest absolute Gasteiger partial charge is 0.350 e. The van der Waals surface area contributed by atoms with Gasteiger partial charge in [0.05, 0.1) is 11.4 Å². The number of aryl methyl sites for hydroxylation is 2. The van der Waals surface area contributed by atoms with Crippen LogP contribution >= 0.6 is 11.3 Å². The first-order chi connectivity index (χ1) is 13.9. The summed E-state index contributed by atoms with van der Waals surface area (Å²) in [5, 5.41) is 3.51. The van der Waals surface area contributed by atoms with Crippen molar-refractivity contribution >= 4 is 28.9 Å². The minimum absolute atomic E-state index is 0.262. The monoisotopic (exact) mass is 409 g/mol. The Morgan fingerprint density at radius 1 is 1.14 bits per heavy atom. The first-order valence-corrected chi connectivity index (χ1v) is 10.1. The molecule has 0 saturated heterocycles. The molecule has 7 heteroatoms. The fourth-order valence-corrected chi connectivity index (χ4v) is 3.84. The predicted octanol–water partition coefficient (Wildman–Crippen LogP) is 4.74. The van der Waals surface area contributed by atoms with Crippen molar-refractivity contribution in [3.63, 3.8) is 0 Å². The summed E-state index contributed by atoms with van der Waals surface area (Å²) >= 11 is 1.21. The molecule has 0 bridgehead atoms. The highest BCUT2D eigenvalue weighted by Gasteiger charge is 2.20. The van der Waals surface area contributed by atoms with Gasteiger partial charge in [-0.3, -0.25) is 9.78 Å². The molecule has 3 aromatic rings. The molecular formula is C22H23N3O3S. The van der Waals surface area contributed by atoms with Gasteiger partial charge in [-0.25, -0.2) is 9.78 Å². The van der Waals surface area contributed by atoms with Crippen molar-refractivity contribution in [1.29, 1.82) is 0 Å². The fraction of sp³-hybridized carbons (Fsp3) is 0.273. The Morgan fingerprint density at radius 3 is 2.62 bits per heavy atom. The molecule has 0 aliphatic heterocycles. The number of carbonyl (C=O) groups is 2. The van der Waals surface area contributed by atoms with Gasteiger partial charge in [-0.2, -0.15) is 0 Å². The van der Waals surface area contributed by atoms with Crippen molar-refractivity contribution < 1.29 is 14.3 Å². The maximum absolute atomic E-state index is 12.5. The Morgan fingerprint density at radius 2 is 1.93 bits per heavy atom. The summed E-state index contributed by atoms with van der Waals surface area (Å²) in [6.45, 7) is 7.45. The van der Waals surface area contributed by atoms with Crippen LogP contribution in [0.3, 0.4) is 0 Å². The number of nitrogens with one attached hydrogen (secondary N) is 1. The molecule has 6 nitrogen and oxygen atoms in total. The molecule has 0 spiro atoms. The zero-order valence-corrected chi connectivity index (χ0v) is 17.7. The van der Waals surface area contributed by atoms with Gasteiger partial charge in [0.1, 0.15) is 9.88 Å². The van der Waals surface area contributed by atoms with E-state index in [1.165, 1.54) is 11.3 Å². The van der Waals surface area contributed by atoms with Gasteiger partial charge in [0, 0.05) is 11.9 Å². The number of aromatic nitrogens is 2. The second-order valence-electron chi connectivity index (χ2n) is 6.97. The third-order valence-electron chi connectivity index (χ3n) is 4.39. The van der Waals surface area contributed by atoms with Crippen molar-refractivity contribution in [2.24, 2.45) is 0 Å². The Balaban J connectivity index is 1.66. The van der Waals surface area contributed by atoms with Crippen LogP contribution in [0.5, 0.6) is 0 Å². The molecule has 1 N–H and O–H groups in total. The molecule has 0 aliphatic carbocycles. The third kappa shape index (κ3) is 4.86. The molecule has 0 aliphatic rings. The fourth-order valence-electron chi connectivity index (χ4n) is 2.90. The van der Waals surface area contributed by atoms with Gasteiger partial charge in [-0.05, 0) is 43.0 Å². The molecule has 1 aromatic carbocycles. The molecule has 0 saturated carbocycles. The molecule has 3 rings (SSSR count). The first kappa shape index (κ1) is 20.7. The lowest BCUT2D eigenvalue weighted by Gasteiger charge is -2.16. The van der Waals surface area contributed by atoms with Gasteiger partial charge in [-0.1, -0.05) is 38.1 Å². The number of para-hydroxylation sites is 1. The van der Waals surface area contributed by atoms with Crippen LogP contribution in [0.1, 0.15) is 46.3 Å². The molecule has 0 fully saturated rings. The van der Waals surface area contributed by atoms with E-state index in [4.69, 9.17) is 4.74 Å². The summed E-state index contributed by atoms with van der Waals surface area (Å²) < 4.78 is 5.23. The summed E-state index contributed by atoms with van der Waals surface area (Å²) in [6.07, 6.45) is 1.67. The number of benzene rings is 1. The minimum atomic E-state index is -0.564. The third-order valence-corrected chi connectivity index (χ3v) is 5.55. The second kappa shape index (κ2) is 8.96. The van der Waals surface area contributed by atoms with Gasteiger partial charge < -0.3 is 10.1 Å². The van der Waals surface area contributed by atoms with Crippen LogP contribution in [0.25, 0.3) is 10.7 Å². The molecule has 2 aromatic heterocycles. The number of amides is 1. The first-order valence-electron chi connectivity index (χ1n) is 9.32. The topological polar surface area (TPSA) is 81.2 Å². The van der Waals surface area contributed by atoms with Gasteiger partial charge in [-0.15, -0.1) is 11.3 Å². The van der Waals surface area contributed by atoms with Crippen LogP contribution in [-0.2, 0) is 9.53 Å². The Bertz CT molecular complexity index is 1030. The zero-order valence-electron chi connectivity index (χ0n) is 16.9. The average Bonchev–Trinajstić information content (AvgIpc) is 3.10. The average molecular weight is 410 g/mol. The molecular weight excluding hydrogens is 386 g/mol. The lowest BCUT2D eigenvalue weighted by Crippen LogP contribution is -2.22. The number of ether oxygens (including phenoxy) is 1. The summed E-state index contributed by atoms with van der Waals surface area (Å²) in [4.78, 5) is 33.8. The lowest BCUT2D eigenvalue weighted by atomic mass is 9.98. The summed E-state index contributed by atoms with van der Waals surface area (Å²) in [6, 6.07) is 11.4. The van der Waals surface area contributed by atoms with E-state index in [0.29, 0.717) is 21.3 Å². The number of pyridine rings is 1. The number of carbonyl (C=O) groups excluding carboxylic acids is 2. The number of hydrogen-bond donors (Lipinski definition) is 1. The second-order valence-corrected chi connectivity index (χ2v) is 7.97. The number of hydrogen-bond acceptors (Lipinski definition) is 6. The number of nitrogens with zero attached hydrogens (tertiary/aromatic N) is 2. The van der Waals surface area contributed by atoms with Crippen molar-refractivity contribution in [1.82, 2.24) is 9.97 Å². The van der Waals surface area contributed by atoms with Gasteiger partial charge in [0.15, 0.2) is 6.61 Å². The van der Waals surface area contributed by atoms with E-state index in [1.807, 2.05) is 43.3 Å². The highest BCUT2D eigenvalue weighted by atomic mass is 32.1.